The monoisotopic (exact) mass is 244 g/mol. The number of aliphatic hydroxyl groups is 2. The van der Waals surface area contributed by atoms with Gasteiger partial charge in [0.25, 0.3) is 0 Å². The minimum absolute atomic E-state index is 0.120. The van der Waals surface area contributed by atoms with Crippen molar-refractivity contribution in [3.63, 3.8) is 0 Å². The van der Waals surface area contributed by atoms with Gasteiger partial charge in [0.15, 0.2) is 0 Å². The van der Waals surface area contributed by atoms with Crippen LogP contribution in [0.1, 0.15) is 20.8 Å². The standard InChI is InChI=1S/C8H18O3.H3O3P/c1-8(2,3)6-11-5-7(10)4-9;1-4(2)3/h7,9-10H,4-6H2,1-3H3;1-3H. The molecule has 0 amide bonds. The highest BCUT2D eigenvalue weighted by molar-refractivity contribution is 7.38. The van der Waals surface area contributed by atoms with Crippen LogP contribution in [0.4, 0.5) is 0 Å². The van der Waals surface area contributed by atoms with Crippen molar-refractivity contribution >= 4 is 8.60 Å². The summed E-state index contributed by atoms with van der Waals surface area (Å²) in [4.78, 5) is 21.7. The van der Waals surface area contributed by atoms with E-state index in [1.54, 1.807) is 0 Å². The Balaban J connectivity index is 0. The predicted octanol–water partition coefficient (Wildman–Crippen LogP) is -0.407. The normalized spacial score (nSPS) is 13.4. The molecule has 94 valence electrons. The summed E-state index contributed by atoms with van der Waals surface area (Å²) in [5.41, 5.74) is 0.120. The molecule has 0 aliphatic carbocycles. The number of hydrogen-bond acceptors (Lipinski definition) is 6. The third kappa shape index (κ3) is 25.0. The molecule has 0 aromatic rings. The first kappa shape index (κ1) is 17.6. The number of ether oxygens (including phenoxy) is 1. The molecule has 0 fully saturated rings. The molecule has 0 heterocycles. The molecule has 0 aromatic carbocycles. The highest BCUT2D eigenvalue weighted by atomic mass is 31.2. The lowest BCUT2D eigenvalue weighted by molar-refractivity contribution is -0.0149. The lowest BCUT2D eigenvalue weighted by Crippen LogP contribution is -2.23. The van der Waals surface area contributed by atoms with Crippen molar-refractivity contribution in [3.05, 3.63) is 0 Å². The van der Waals surface area contributed by atoms with E-state index in [2.05, 4.69) is 20.8 Å². The average Bonchev–Trinajstić information content (AvgIpc) is 2.00. The third-order valence-corrected chi connectivity index (χ3v) is 1.06. The van der Waals surface area contributed by atoms with E-state index in [1.807, 2.05) is 0 Å². The Morgan fingerprint density at radius 2 is 1.60 bits per heavy atom. The first-order valence-electron chi connectivity index (χ1n) is 4.42. The molecule has 0 saturated carbocycles. The quantitative estimate of drug-likeness (QED) is 0.430. The minimum atomic E-state index is -2.62. The molecular formula is C8H21O6P. The van der Waals surface area contributed by atoms with Crippen LogP contribution in [0.25, 0.3) is 0 Å². The predicted molar refractivity (Wildman–Crippen MR) is 56.9 cm³/mol. The highest BCUT2D eigenvalue weighted by Gasteiger charge is 2.11. The van der Waals surface area contributed by atoms with Crippen LogP contribution in [-0.2, 0) is 4.74 Å². The molecule has 1 atom stereocenters. The van der Waals surface area contributed by atoms with Crippen LogP contribution in [-0.4, -0.2) is 50.8 Å². The Kier molecular flexibility index (Phi) is 11.0. The fourth-order valence-electron chi connectivity index (χ4n) is 0.554. The zero-order chi connectivity index (χ0) is 12.5. The van der Waals surface area contributed by atoms with Crippen LogP contribution < -0.4 is 0 Å². The van der Waals surface area contributed by atoms with Gasteiger partial charge in [-0.15, -0.1) is 0 Å². The summed E-state index contributed by atoms with van der Waals surface area (Å²) in [7, 11) is -2.62. The van der Waals surface area contributed by atoms with Crippen molar-refractivity contribution in [3.8, 4) is 0 Å². The fraction of sp³-hybridized carbons (Fsp3) is 1.00. The van der Waals surface area contributed by atoms with E-state index in [0.29, 0.717) is 6.61 Å². The summed E-state index contributed by atoms with van der Waals surface area (Å²) < 4.78 is 5.14. The van der Waals surface area contributed by atoms with Crippen molar-refractivity contribution in [2.45, 2.75) is 26.9 Å². The SMILES string of the molecule is CC(C)(C)COCC(O)CO.OP(O)O. The molecule has 0 aliphatic heterocycles. The maximum absolute atomic E-state index is 8.88. The summed E-state index contributed by atoms with van der Waals surface area (Å²) in [5, 5.41) is 17.3. The maximum atomic E-state index is 8.88. The van der Waals surface area contributed by atoms with Crippen molar-refractivity contribution < 1.29 is 29.6 Å². The molecule has 15 heavy (non-hydrogen) atoms. The van der Waals surface area contributed by atoms with Crippen LogP contribution in [0, 0.1) is 5.41 Å². The molecule has 0 rings (SSSR count). The van der Waals surface area contributed by atoms with Gasteiger partial charge in [0.05, 0.1) is 19.8 Å². The lowest BCUT2D eigenvalue weighted by Gasteiger charge is -2.18. The maximum Gasteiger partial charge on any atom is 0.324 e. The van der Waals surface area contributed by atoms with E-state index in [1.165, 1.54) is 0 Å². The summed E-state index contributed by atoms with van der Waals surface area (Å²) in [6.45, 7) is 6.75. The van der Waals surface area contributed by atoms with Crippen molar-refractivity contribution in [2.24, 2.45) is 5.41 Å². The van der Waals surface area contributed by atoms with Gasteiger partial charge in [0, 0.05) is 0 Å². The Morgan fingerprint density at radius 3 is 1.87 bits per heavy atom. The Labute approximate surface area is 91.1 Å². The number of aliphatic hydroxyl groups excluding tert-OH is 2. The second-order valence-corrected chi connectivity index (χ2v) is 4.72. The first-order valence-corrected chi connectivity index (χ1v) is 5.62. The Hall–Kier alpha value is 0.190. The molecule has 0 aliphatic rings. The van der Waals surface area contributed by atoms with E-state index < -0.39 is 14.7 Å². The third-order valence-electron chi connectivity index (χ3n) is 1.06. The van der Waals surface area contributed by atoms with Gasteiger partial charge >= 0.3 is 8.60 Å². The van der Waals surface area contributed by atoms with Crippen molar-refractivity contribution in [1.29, 1.82) is 0 Å². The van der Waals surface area contributed by atoms with Gasteiger partial charge in [0.1, 0.15) is 6.10 Å². The fourth-order valence-corrected chi connectivity index (χ4v) is 0.554. The summed E-state index contributed by atoms with van der Waals surface area (Å²) in [6.07, 6.45) is -0.739. The smallest absolute Gasteiger partial charge is 0.324 e. The Morgan fingerprint density at radius 1 is 1.20 bits per heavy atom. The molecule has 0 bridgehead atoms. The Bertz CT molecular complexity index is 133. The summed E-state index contributed by atoms with van der Waals surface area (Å²) >= 11 is 0. The largest absolute Gasteiger partial charge is 0.394 e. The van der Waals surface area contributed by atoms with Crippen LogP contribution in [0.3, 0.4) is 0 Å². The van der Waals surface area contributed by atoms with Gasteiger partial charge < -0.3 is 29.6 Å². The number of hydrogen-bond donors (Lipinski definition) is 5. The second-order valence-electron chi connectivity index (χ2n) is 4.18. The zero-order valence-electron chi connectivity index (χ0n) is 9.29. The van der Waals surface area contributed by atoms with Crippen molar-refractivity contribution in [1.82, 2.24) is 0 Å². The van der Waals surface area contributed by atoms with Gasteiger partial charge in [-0.3, -0.25) is 0 Å². The second kappa shape index (κ2) is 9.42. The van der Waals surface area contributed by atoms with E-state index in [-0.39, 0.29) is 18.6 Å². The molecular weight excluding hydrogens is 223 g/mol. The van der Waals surface area contributed by atoms with Gasteiger partial charge in [-0.1, -0.05) is 20.8 Å². The topological polar surface area (TPSA) is 110 Å². The highest BCUT2D eigenvalue weighted by Crippen LogP contribution is 2.12. The average molecular weight is 244 g/mol. The van der Waals surface area contributed by atoms with Crippen LogP contribution in [0.15, 0.2) is 0 Å². The van der Waals surface area contributed by atoms with Gasteiger partial charge in [-0.2, -0.15) is 0 Å². The van der Waals surface area contributed by atoms with Gasteiger partial charge in [-0.25, -0.2) is 0 Å². The molecule has 0 saturated heterocycles. The molecule has 0 radical (unpaired) electrons. The first-order chi connectivity index (χ1) is 6.69. The van der Waals surface area contributed by atoms with Crippen LogP contribution >= 0.6 is 8.60 Å². The van der Waals surface area contributed by atoms with E-state index in [4.69, 9.17) is 29.6 Å². The lowest BCUT2D eigenvalue weighted by atomic mass is 9.99. The molecule has 6 nitrogen and oxygen atoms in total. The minimum Gasteiger partial charge on any atom is -0.394 e. The zero-order valence-corrected chi connectivity index (χ0v) is 10.2. The molecule has 0 spiro atoms. The van der Waals surface area contributed by atoms with Crippen LogP contribution in [0.2, 0.25) is 0 Å². The molecule has 5 N–H and O–H groups in total. The molecule has 1 unspecified atom stereocenters. The molecule has 7 heteroatoms. The van der Waals surface area contributed by atoms with Crippen molar-refractivity contribution in [2.75, 3.05) is 19.8 Å². The van der Waals surface area contributed by atoms with E-state index in [9.17, 15) is 0 Å². The number of rotatable bonds is 4. The summed E-state index contributed by atoms with van der Waals surface area (Å²) in [5.74, 6) is 0. The molecule has 0 aromatic heterocycles. The van der Waals surface area contributed by atoms with Gasteiger partial charge in [-0.05, 0) is 5.41 Å². The van der Waals surface area contributed by atoms with E-state index in [0.717, 1.165) is 0 Å². The van der Waals surface area contributed by atoms with Crippen LogP contribution in [0.5, 0.6) is 0 Å². The van der Waals surface area contributed by atoms with Gasteiger partial charge in [0.2, 0.25) is 0 Å². The summed E-state index contributed by atoms with van der Waals surface area (Å²) in [6, 6.07) is 0. The van der Waals surface area contributed by atoms with E-state index >= 15 is 0 Å².